The van der Waals surface area contributed by atoms with Crippen molar-refractivity contribution in [2.45, 2.75) is 13.0 Å². The maximum atomic E-state index is 10.1. The second-order valence-electron chi connectivity index (χ2n) is 2.32. The lowest BCUT2D eigenvalue weighted by molar-refractivity contribution is -0.131. The summed E-state index contributed by atoms with van der Waals surface area (Å²) in [6.07, 6.45) is 5.85. The molecule has 0 amide bonds. The van der Waals surface area contributed by atoms with Gasteiger partial charge in [-0.1, -0.05) is 11.3 Å². The van der Waals surface area contributed by atoms with Gasteiger partial charge < -0.3 is 5.11 Å². The SMILES string of the molecule is CC(C=CC(=O)O)n1ccnn1. The summed E-state index contributed by atoms with van der Waals surface area (Å²) in [6, 6.07) is -0.0800. The summed E-state index contributed by atoms with van der Waals surface area (Å²) in [6.45, 7) is 1.83. The molecule has 12 heavy (non-hydrogen) atoms. The molecule has 0 spiro atoms. The zero-order valence-electron chi connectivity index (χ0n) is 6.58. The first-order chi connectivity index (χ1) is 5.70. The molecule has 5 nitrogen and oxygen atoms in total. The third-order valence-electron chi connectivity index (χ3n) is 1.38. The lowest BCUT2D eigenvalue weighted by Crippen LogP contribution is -2.03. The van der Waals surface area contributed by atoms with Gasteiger partial charge in [0.15, 0.2) is 0 Å². The van der Waals surface area contributed by atoms with Gasteiger partial charge in [-0.05, 0) is 6.92 Å². The minimum atomic E-state index is -0.957. The quantitative estimate of drug-likeness (QED) is 0.665. The number of hydrogen-bond acceptors (Lipinski definition) is 3. The number of rotatable bonds is 3. The minimum absolute atomic E-state index is 0.0800. The van der Waals surface area contributed by atoms with Gasteiger partial charge in [0.25, 0.3) is 0 Å². The van der Waals surface area contributed by atoms with Crippen molar-refractivity contribution in [3.8, 4) is 0 Å². The summed E-state index contributed by atoms with van der Waals surface area (Å²) in [5.74, 6) is -0.957. The van der Waals surface area contributed by atoms with Gasteiger partial charge in [0.1, 0.15) is 0 Å². The van der Waals surface area contributed by atoms with Gasteiger partial charge in [-0.25, -0.2) is 9.48 Å². The van der Waals surface area contributed by atoms with Crippen LogP contribution in [0.15, 0.2) is 24.5 Å². The second kappa shape index (κ2) is 3.66. The number of aliphatic carboxylic acids is 1. The summed E-state index contributed by atoms with van der Waals surface area (Å²) in [4.78, 5) is 10.1. The number of carboxylic acid groups (broad SMARTS) is 1. The topological polar surface area (TPSA) is 68.0 Å². The normalized spacial score (nSPS) is 13.4. The Morgan fingerprint density at radius 1 is 1.75 bits per heavy atom. The summed E-state index contributed by atoms with van der Waals surface area (Å²) < 4.78 is 1.57. The maximum absolute atomic E-state index is 10.1. The van der Waals surface area contributed by atoms with E-state index in [1.807, 2.05) is 6.92 Å². The van der Waals surface area contributed by atoms with E-state index in [0.717, 1.165) is 6.08 Å². The van der Waals surface area contributed by atoms with Crippen LogP contribution in [-0.2, 0) is 4.79 Å². The Morgan fingerprint density at radius 3 is 3.00 bits per heavy atom. The van der Waals surface area contributed by atoms with Crippen LogP contribution in [0, 0.1) is 0 Å². The Hall–Kier alpha value is -1.65. The summed E-state index contributed by atoms with van der Waals surface area (Å²) in [5.41, 5.74) is 0. The van der Waals surface area contributed by atoms with Crippen molar-refractivity contribution in [1.29, 1.82) is 0 Å². The predicted octanol–water partition coefficient (Wildman–Crippen LogP) is 0.480. The first-order valence-corrected chi connectivity index (χ1v) is 3.47. The van der Waals surface area contributed by atoms with Gasteiger partial charge >= 0.3 is 5.97 Å². The molecule has 1 N–H and O–H groups in total. The zero-order chi connectivity index (χ0) is 8.97. The molecule has 0 aromatic carbocycles. The molecule has 0 aliphatic heterocycles. The molecule has 0 radical (unpaired) electrons. The van der Waals surface area contributed by atoms with E-state index < -0.39 is 5.97 Å². The van der Waals surface area contributed by atoms with Crippen molar-refractivity contribution in [2.75, 3.05) is 0 Å². The van der Waals surface area contributed by atoms with Crippen LogP contribution >= 0.6 is 0 Å². The lowest BCUT2D eigenvalue weighted by Gasteiger charge is -2.03. The Bertz CT molecular complexity index is 279. The summed E-state index contributed by atoms with van der Waals surface area (Å²) in [5, 5.41) is 15.6. The van der Waals surface area contributed by atoms with Crippen molar-refractivity contribution in [1.82, 2.24) is 15.0 Å². The molecule has 5 heteroatoms. The van der Waals surface area contributed by atoms with Crippen LogP contribution in [0.4, 0.5) is 0 Å². The molecule has 1 rings (SSSR count). The fourth-order valence-corrected chi connectivity index (χ4v) is 0.744. The van der Waals surface area contributed by atoms with E-state index in [-0.39, 0.29) is 6.04 Å². The first kappa shape index (κ1) is 8.45. The molecule has 1 aromatic heterocycles. The monoisotopic (exact) mass is 167 g/mol. The van der Waals surface area contributed by atoms with E-state index in [1.165, 1.54) is 6.08 Å². The van der Waals surface area contributed by atoms with Crippen LogP contribution in [0.1, 0.15) is 13.0 Å². The Labute approximate surface area is 69.3 Å². The molecule has 0 saturated carbocycles. The van der Waals surface area contributed by atoms with Crippen molar-refractivity contribution in [3.63, 3.8) is 0 Å². The highest BCUT2D eigenvalue weighted by atomic mass is 16.4. The molecule has 1 aromatic rings. The third-order valence-corrected chi connectivity index (χ3v) is 1.38. The summed E-state index contributed by atoms with van der Waals surface area (Å²) in [7, 11) is 0. The highest BCUT2D eigenvalue weighted by molar-refractivity contribution is 5.79. The zero-order valence-corrected chi connectivity index (χ0v) is 6.58. The molecule has 0 bridgehead atoms. The molecular formula is C7H9N3O2. The minimum Gasteiger partial charge on any atom is -0.478 e. The molecule has 0 aliphatic rings. The molecule has 64 valence electrons. The molecule has 0 saturated heterocycles. The standard InChI is InChI=1S/C7H9N3O2/c1-6(2-3-7(11)12)10-5-4-8-9-10/h2-6H,1H3,(H,11,12). The lowest BCUT2D eigenvalue weighted by atomic mass is 10.3. The maximum Gasteiger partial charge on any atom is 0.328 e. The van der Waals surface area contributed by atoms with Crippen molar-refractivity contribution in [2.24, 2.45) is 0 Å². The molecule has 1 heterocycles. The summed E-state index contributed by atoms with van der Waals surface area (Å²) >= 11 is 0. The van der Waals surface area contributed by atoms with Crippen LogP contribution in [0.3, 0.4) is 0 Å². The number of hydrogen-bond donors (Lipinski definition) is 1. The fourth-order valence-electron chi connectivity index (χ4n) is 0.744. The van der Waals surface area contributed by atoms with Crippen LogP contribution in [0.25, 0.3) is 0 Å². The van der Waals surface area contributed by atoms with E-state index in [2.05, 4.69) is 10.3 Å². The number of allylic oxidation sites excluding steroid dienone is 1. The highest BCUT2D eigenvalue weighted by Gasteiger charge is 1.99. The van der Waals surface area contributed by atoms with Gasteiger partial charge in [-0.3, -0.25) is 0 Å². The molecule has 1 atom stereocenters. The Balaban J connectivity index is 2.61. The van der Waals surface area contributed by atoms with Crippen molar-refractivity contribution < 1.29 is 9.90 Å². The number of carboxylic acids is 1. The number of carbonyl (C=O) groups is 1. The third kappa shape index (κ3) is 2.19. The molecule has 1 unspecified atom stereocenters. The second-order valence-corrected chi connectivity index (χ2v) is 2.32. The van der Waals surface area contributed by atoms with Gasteiger partial charge in [0, 0.05) is 12.3 Å². The smallest absolute Gasteiger partial charge is 0.328 e. The van der Waals surface area contributed by atoms with Crippen LogP contribution < -0.4 is 0 Å². The van der Waals surface area contributed by atoms with Crippen molar-refractivity contribution in [3.05, 3.63) is 24.5 Å². The highest BCUT2D eigenvalue weighted by Crippen LogP contribution is 2.02. The van der Waals surface area contributed by atoms with E-state index in [1.54, 1.807) is 17.1 Å². The largest absolute Gasteiger partial charge is 0.478 e. The first-order valence-electron chi connectivity index (χ1n) is 3.47. The average molecular weight is 167 g/mol. The van der Waals surface area contributed by atoms with Gasteiger partial charge in [0.2, 0.25) is 0 Å². The predicted molar refractivity (Wildman–Crippen MR) is 41.5 cm³/mol. The van der Waals surface area contributed by atoms with Crippen molar-refractivity contribution >= 4 is 5.97 Å². The number of aromatic nitrogens is 3. The van der Waals surface area contributed by atoms with Gasteiger partial charge in [-0.2, -0.15) is 0 Å². The molecular weight excluding hydrogens is 158 g/mol. The van der Waals surface area contributed by atoms with E-state index >= 15 is 0 Å². The fraction of sp³-hybridized carbons (Fsp3) is 0.286. The van der Waals surface area contributed by atoms with Gasteiger partial charge in [0.05, 0.1) is 12.2 Å². The molecule has 0 aliphatic carbocycles. The van der Waals surface area contributed by atoms with E-state index in [9.17, 15) is 4.79 Å². The van der Waals surface area contributed by atoms with Crippen LogP contribution in [0.5, 0.6) is 0 Å². The van der Waals surface area contributed by atoms with Crippen LogP contribution in [0.2, 0.25) is 0 Å². The average Bonchev–Trinajstić information content (AvgIpc) is 2.51. The molecule has 0 fully saturated rings. The van der Waals surface area contributed by atoms with Crippen LogP contribution in [-0.4, -0.2) is 26.1 Å². The Morgan fingerprint density at radius 2 is 2.50 bits per heavy atom. The number of nitrogens with zero attached hydrogens (tertiary/aromatic N) is 3. The van der Waals surface area contributed by atoms with E-state index in [0.29, 0.717) is 0 Å². The van der Waals surface area contributed by atoms with E-state index in [4.69, 9.17) is 5.11 Å². The van der Waals surface area contributed by atoms with Gasteiger partial charge in [-0.15, -0.1) is 5.10 Å². The Kier molecular flexibility index (Phi) is 2.57.